The van der Waals surface area contributed by atoms with Crippen molar-refractivity contribution in [3.63, 3.8) is 0 Å². The Bertz CT molecular complexity index is 487. The molecule has 1 unspecified atom stereocenters. The van der Waals surface area contributed by atoms with E-state index in [1.807, 2.05) is 6.29 Å². The summed E-state index contributed by atoms with van der Waals surface area (Å²) in [6.45, 7) is 2.23. The van der Waals surface area contributed by atoms with Gasteiger partial charge in [-0.05, 0) is 25.0 Å². The van der Waals surface area contributed by atoms with Crippen molar-refractivity contribution in [3.05, 3.63) is 34.4 Å². The number of ether oxygens (including phenoxy) is 1. The SMILES string of the molecule is CCCCCCCCCCCCC([C]=O)Oc1ccc([N+](=O)[O-])cc1. The molecule has 0 aromatic heterocycles. The molecule has 0 saturated carbocycles. The van der Waals surface area contributed by atoms with Gasteiger partial charge in [-0.3, -0.25) is 14.9 Å². The Balaban J connectivity index is 2.11. The molecule has 0 aliphatic carbocycles. The third-order valence-electron chi connectivity index (χ3n) is 4.28. The number of nitro groups is 1. The highest BCUT2D eigenvalue weighted by atomic mass is 16.6. The zero-order valence-corrected chi connectivity index (χ0v) is 15.2. The van der Waals surface area contributed by atoms with Crippen molar-refractivity contribution in [2.75, 3.05) is 0 Å². The lowest BCUT2D eigenvalue weighted by atomic mass is 10.0. The van der Waals surface area contributed by atoms with Crippen LogP contribution in [-0.2, 0) is 4.79 Å². The van der Waals surface area contributed by atoms with Crippen LogP contribution in [0.4, 0.5) is 5.69 Å². The van der Waals surface area contributed by atoms with Crippen molar-refractivity contribution in [3.8, 4) is 5.75 Å². The topological polar surface area (TPSA) is 69.4 Å². The number of benzene rings is 1. The summed E-state index contributed by atoms with van der Waals surface area (Å²) in [5.74, 6) is 0.464. The highest BCUT2D eigenvalue weighted by Crippen LogP contribution is 2.19. The van der Waals surface area contributed by atoms with Gasteiger partial charge >= 0.3 is 0 Å². The van der Waals surface area contributed by atoms with Crippen LogP contribution in [0.5, 0.6) is 5.75 Å². The first-order valence-electron chi connectivity index (χ1n) is 9.46. The fraction of sp³-hybridized carbons (Fsp3) is 0.650. The largest absolute Gasteiger partial charge is 0.482 e. The van der Waals surface area contributed by atoms with E-state index in [0.717, 1.165) is 12.8 Å². The number of nitro benzene ring substituents is 1. The lowest BCUT2D eigenvalue weighted by molar-refractivity contribution is -0.384. The first-order valence-corrected chi connectivity index (χ1v) is 9.46. The Morgan fingerprint density at radius 1 is 0.960 bits per heavy atom. The second-order valence-corrected chi connectivity index (χ2v) is 6.45. The van der Waals surface area contributed by atoms with Crippen molar-refractivity contribution in [2.24, 2.45) is 0 Å². The molecule has 139 valence electrons. The van der Waals surface area contributed by atoms with Crippen molar-refractivity contribution < 1.29 is 14.5 Å². The molecule has 0 aliphatic rings. The standard InChI is InChI=1S/C20H30NO4/c1-2-3-4-5-6-7-8-9-10-11-12-20(17-22)25-19-15-13-18(14-16-19)21(23)24/h13-16,20H,2-12H2,1H3. The van der Waals surface area contributed by atoms with Crippen LogP contribution in [0.25, 0.3) is 0 Å². The molecule has 0 aliphatic heterocycles. The Kier molecular flexibility index (Phi) is 11.3. The van der Waals surface area contributed by atoms with Crippen LogP contribution in [0.2, 0.25) is 0 Å². The summed E-state index contributed by atoms with van der Waals surface area (Å²) in [5, 5.41) is 10.6. The minimum absolute atomic E-state index is 0.00803. The molecule has 1 radical (unpaired) electrons. The molecule has 5 heteroatoms. The number of hydrogen-bond acceptors (Lipinski definition) is 4. The molecule has 1 atom stereocenters. The van der Waals surface area contributed by atoms with Gasteiger partial charge in [0.05, 0.1) is 4.92 Å². The van der Waals surface area contributed by atoms with E-state index in [0.29, 0.717) is 12.2 Å². The van der Waals surface area contributed by atoms with Crippen molar-refractivity contribution in [1.29, 1.82) is 0 Å². The average Bonchev–Trinajstić information content (AvgIpc) is 2.62. The highest BCUT2D eigenvalue weighted by molar-refractivity contribution is 5.57. The summed E-state index contributed by atoms with van der Waals surface area (Å²) in [4.78, 5) is 21.2. The lowest BCUT2D eigenvalue weighted by Crippen LogP contribution is -2.17. The van der Waals surface area contributed by atoms with Crippen molar-refractivity contribution in [2.45, 2.75) is 83.7 Å². The van der Waals surface area contributed by atoms with Gasteiger partial charge < -0.3 is 4.74 Å². The van der Waals surface area contributed by atoms with Gasteiger partial charge in [-0.2, -0.15) is 0 Å². The van der Waals surface area contributed by atoms with Gasteiger partial charge in [0.1, 0.15) is 5.75 Å². The number of unbranched alkanes of at least 4 members (excludes halogenated alkanes) is 9. The number of carbonyl (C=O) groups excluding carboxylic acids is 1. The van der Waals surface area contributed by atoms with E-state index in [1.165, 1.54) is 75.6 Å². The Morgan fingerprint density at radius 2 is 1.48 bits per heavy atom. The first kappa shape index (κ1) is 21.1. The van der Waals surface area contributed by atoms with E-state index in [4.69, 9.17) is 4.74 Å². The predicted molar refractivity (Wildman–Crippen MR) is 99.7 cm³/mol. The molecule has 1 aromatic carbocycles. The number of nitrogens with zero attached hydrogens (tertiary/aromatic N) is 1. The summed E-state index contributed by atoms with van der Waals surface area (Å²) in [6, 6.07) is 5.78. The van der Waals surface area contributed by atoms with Crippen LogP contribution in [0.3, 0.4) is 0 Å². The Morgan fingerprint density at radius 3 is 1.96 bits per heavy atom. The highest BCUT2D eigenvalue weighted by Gasteiger charge is 2.11. The van der Waals surface area contributed by atoms with E-state index < -0.39 is 11.0 Å². The number of rotatable bonds is 15. The number of hydrogen-bond donors (Lipinski definition) is 0. The molecular weight excluding hydrogens is 318 g/mol. The fourth-order valence-corrected chi connectivity index (χ4v) is 2.77. The Hall–Kier alpha value is -1.91. The Labute approximate surface area is 150 Å². The zero-order valence-electron chi connectivity index (χ0n) is 15.2. The normalized spacial score (nSPS) is 11.9. The zero-order chi connectivity index (χ0) is 18.3. The van der Waals surface area contributed by atoms with Crippen LogP contribution < -0.4 is 4.74 Å². The molecule has 0 heterocycles. The van der Waals surface area contributed by atoms with Gasteiger partial charge in [-0.25, -0.2) is 0 Å². The second kappa shape index (κ2) is 13.4. The average molecular weight is 348 g/mol. The third kappa shape index (κ3) is 9.85. The van der Waals surface area contributed by atoms with Crippen molar-refractivity contribution in [1.82, 2.24) is 0 Å². The van der Waals surface area contributed by atoms with E-state index >= 15 is 0 Å². The molecule has 1 aromatic rings. The van der Waals surface area contributed by atoms with Crippen LogP contribution in [0.15, 0.2) is 24.3 Å². The maximum atomic E-state index is 11.0. The van der Waals surface area contributed by atoms with Crippen molar-refractivity contribution >= 4 is 12.0 Å². The smallest absolute Gasteiger partial charge is 0.269 e. The second-order valence-electron chi connectivity index (χ2n) is 6.45. The van der Waals surface area contributed by atoms with Crippen LogP contribution in [-0.4, -0.2) is 17.3 Å². The van der Waals surface area contributed by atoms with Crippen LogP contribution >= 0.6 is 0 Å². The molecule has 0 spiro atoms. The van der Waals surface area contributed by atoms with Gasteiger partial charge in [0.25, 0.3) is 5.69 Å². The monoisotopic (exact) mass is 348 g/mol. The van der Waals surface area contributed by atoms with Gasteiger partial charge in [0.2, 0.25) is 6.29 Å². The summed E-state index contributed by atoms with van der Waals surface area (Å²) in [7, 11) is 0. The summed E-state index contributed by atoms with van der Waals surface area (Å²) in [6.07, 6.45) is 14.4. The molecule has 0 amide bonds. The maximum absolute atomic E-state index is 11.0. The molecule has 0 saturated heterocycles. The molecule has 25 heavy (non-hydrogen) atoms. The summed E-state index contributed by atoms with van der Waals surface area (Å²) >= 11 is 0. The quantitative estimate of drug-likeness (QED) is 0.229. The molecule has 0 N–H and O–H groups in total. The first-order chi connectivity index (χ1) is 12.2. The van der Waals surface area contributed by atoms with E-state index in [-0.39, 0.29) is 5.69 Å². The molecule has 0 fully saturated rings. The summed E-state index contributed by atoms with van der Waals surface area (Å²) in [5.41, 5.74) is 0.00803. The molecule has 0 bridgehead atoms. The van der Waals surface area contributed by atoms with Gasteiger partial charge in [-0.15, -0.1) is 0 Å². The third-order valence-corrected chi connectivity index (χ3v) is 4.28. The van der Waals surface area contributed by atoms with E-state index in [1.54, 1.807) is 0 Å². The molecule has 1 rings (SSSR count). The maximum Gasteiger partial charge on any atom is 0.269 e. The van der Waals surface area contributed by atoms with E-state index in [9.17, 15) is 14.9 Å². The van der Waals surface area contributed by atoms with Crippen LogP contribution in [0, 0.1) is 10.1 Å². The van der Waals surface area contributed by atoms with Gasteiger partial charge in [0, 0.05) is 12.1 Å². The van der Waals surface area contributed by atoms with Gasteiger partial charge in [0.15, 0.2) is 6.10 Å². The number of non-ortho nitro benzene ring substituents is 1. The predicted octanol–water partition coefficient (Wildman–Crippen LogP) is 5.76. The minimum atomic E-state index is -0.601. The van der Waals surface area contributed by atoms with Gasteiger partial charge in [-0.1, -0.05) is 64.7 Å². The van der Waals surface area contributed by atoms with E-state index in [2.05, 4.69) is 6.92 Å². The van der Waals surface area contributed by atoms with Crippen LogP contribution in [0.1, 0.15) is 77.6 Å². The fourth-order valence-electron chi connectivity index (χ4n) is 2.77. The molecule has 5 nitrogen and oxygen atoms in total. The summed E-state index contributed by atoms with van der Waals surface area (Å²) < 4.78 is 5.53. The lowest BCUT2D eigenvalue weighted by Gasteiger charge is -2.12. The molecular formula is C20H30NO4. The minimum Gasteiger partial charge on any atom is -0.482 e.